The maximum atomic E-state index is 10.6. The van der Waals surface area contributed by atoms with Gasteiger partial charge in [0.2, 0.25) is 0 Å². The normalized spacial score (nSPS) is 11.7. The second kappa shape index (κ2) is 6.14. The average Bonchev–Trinajstić information content (AvgIpc) is 2.48. The van der Waals surface area contributed by atoms with Crippen molar-refractivity contribution in [3.8, 4) is 0 Å². The molecule has 20 heavy (non-hydrogen) atoms. The van der Waals surface area contributed by atoms with E-state index in [4.69, 9.17) is 5.73 Å². The van der Waals surface area contributed by atoms with Crippen molar-refractivity contribution < 1.29 is 4.92 Å². The minimum atomic E-state index is -0.478. The summed E-state index contributed by atoms with van der Waals surface area (Å²) >= 11 is 0. The third-order valence-corrected chi connectivity index (χ3v) is 2.28. The van der Waals surface area contributed by atoms with Crippen LogP contribution in [0.25, 0.3) is 0 Å². The lowest BCUT2D eigenvalue weighted by Gasteiger charge is -1.95. The van der Waals surface area contributed by atoms with E-state index in [9.17, 15) is 10.1 Å². The summed E-state index contributed by atoms with van der Waals surface area (Å²) in [6, 6.07) is 6.02. The number of amidine groups is 1. The lowest BCUT2D eigenvalue weighted by molar-refractivity contribution is -0.384. The summed E-state index contributed by atoms with van der Waals surface area (Å²) in [5.41, 5.74) is 6.61. The molecule has 0 aliphatic heterocycles. The molecule has 8 nitrogen and oxygen atoms in total. The van der Waals surface area contributed by atoms with Gasteiger partial charge in [-0.25, -0.2) is 4.98 Å². The Balaban J connectivity index is 2.14. The lowest BCUT2D eigenvalue weighted by Crippen LogP contribution is -2.14. The van der Waals surface area contributed by atoms with Crippen molar-refractivity contribution in [2.75, 3.05) is 0 Å². The van der Waals surface area contributed by atoms with E-state index in [2.05, 4.69) is 20.2 Å². The van der Waals surface area contributed by atoms with Crippen molar-refractivity contribution >= 4 is 17.7 Å². The number of nitrogens with zero attached hydrogens (tertiary/aromatic N) is 5. The van der Waals surface area contributed by atoms with E-state index in [-0.39, 0.29) is 11.5 Å². The van der Waals surface area contributed by atoms with Gasteiger partial charge in [-0.05, 0) is 0 Å². The van der Waals surface area contributed by atoms with E-state index in [0.717, 1.165) is 0 Å². The SMILES string of the molecule is NC(=NN=Cc1cccc([N+](=O)[O-])c1)c1cnccn1. The van der Waals surface area contributed by atoms with Crippen molar-refractivity contribution in [1.29, 1.82) is 0 Å². The molecule has 0 amide bonds. The molecule has 0 fully saturated rings. The first-order valence-corrected chi connectivity index (χ1v) is 5.54. The highest BCUT2D eigenvalue weighted by Gasteiger charge is 2.03. The zero-order valence-electron chi connectivity index (χ0n) is 10.2. The first-order valence-electron chi connectivity index (χ1n) is 5.54. The molecule has 2 N–H and O–H groups in total. The summed E-state index contributed by atoms with van der Waals surface area (Å²) in [7, 11) is 0. The maximum Gasteiger partial charge on any atom is 0.270 e. The van der Waals surface area contributed by atoms with Crippen molar-refractivity contribution in [2.45, 2.75) is 0 Å². The number of rotatable bonds is 4. The van der Waals surface area contributed by atoms with E-state index in [0.29, 0.717) is 11.3 Å². The Morgan fingerprint density at radius 1 is 1.40 bits per heavy atom. The predicted molar refractivity (Wildman–Crippen MR) is 73.4 cm³/mol. The Hall–Kier alpha value is -3.16. The molecule has 0 aliphatic rings. The molecule has 0 radical (unpaired) electrons. The molecule has 8 heteroatoms. The topological polar surface area (TPSA) is 120 Å². The third kappa shape index (κ3) is 3.42. The van der Waals surface area contributed by atoms with Crippen molar-refractivity contribution in [1.82, 2.24) is 9.97 Å². The molecule has 0 spiro atoms. The zero-order valence-corrected chi connectivity index (χ0v) is 10.2. The number of non-ortho nitro benzene ring substituents is 1. The molecule has 1 aromatic heterocycles. The van der Waals surface area contributed by atoms with Crippen LogP contribution < -0.4 is 5.73 Å². The van der Waals surface area contributed by atoms with Crippen molar-refractivity contribution in [2.24, 2.45) is 15.9 Å². The maximum absolute atomic E-state index is 10.6. The summed E-state index contributed by atoms with van der Waals surface area (Å²) in [4.78, 5) is 18.0. The number of nitrogens with two attached hydrogens (primary N) is 1. The summed E-state index contributed by atoms with van der Waals surface area (Å²) in [6.45, 7) is 0. The molecule has 0 saturated heterocycles. The van der Waals surface area contributed by atoms with Gasteiger partial charge in [0, 0.05) is 30.1 Å². The smallest absolute Gasteiger partial charge is 0.270 e. The highest BCUT2D eigenvalue weighted by molar-refractivity contribution is 5.95. The minimum absolute atomic E-state index is 0.0140. The average molecular weight is 270 g/mol. The van der Waals surface area contributed by atoms with Gasteiger partial charge in [-0.2, -0.15) is 5.10 Å². The number of benzene rings is 1. The first kappa shape index (κ1) is 13.3. The highest BCUT2D eigenvalue weighted by Crippen LogP contribution is 2.11. The summed E-state index contributed by atoms with van der Waals surface area (Å²) < 4.78 is 0. The standard InChI is InChI=1S/C12H10N6O2/c13-12(11-8-14-4-5-15-11)17-16-7-9-2-1-3-10(6-9)18(19)20/h1-8H,(H2,13,17). The molecule has 1 heterocycles. The van der Waals surface area contributed by atoms with Crippen LogP contribution in [0.1, 0.15) is 11.3 Å². The van der Waals surface area contributed by atoms with Crippen LogP contribution in [0.15, 0.2) is 53.1 Å². The minimum Gasteiger partial charge on any atom is -0.380 e. The van der Waals surface area contributed by atoms with Gasteiger partial charge in [0.1, 0.15) is 5.69 Å². The lowest BCUT2D eigenvalue weighted by atomic mass is 10.2. The van der Waals surface area contributed by atoms with Crippen LogP contribution in [0.5, 0.6) is 0 Å². The number of aromatic nitrogens is 2. The van der Waals surface area contributed by atoms with Gasteiger partial charge in [0.15, 0.2) is 5.84 Å². The van der Waals surface area contributed by atoms with Crippen molar-refractivity contribution in [3.05, 3.63) is 64.2 Å². The Morgan fingerprint density at radius 3 is 2.95 bits per heavy atom. The quantitative estimate of drug-likeness (QED) is 0.386. The fraction of sp³-hybridized carbons (Fsp3) is 0. The van der Waals surface area contributed by atoms with E-state index < -0.39 is 4.92 Å². The van der Waals surface area contributed by atoms with Crippen LogP contribution >= 0.6 is 0 Å². The number of hydrogen-bond donors (Lipinski definition) is 1. The molecule has 2 aromatic rings. The zero-order chi connectivity index (χ0) is 14.4. The monoisotopic (exact) mass is 270 g/mol. The molecule has 0 aliphatic carbocycles. The van der Waals surface area contributed by atoms with Gasteiger partial charge < -0.3 is 5.73 Å². The van der Waals surface area contributed by atoms with Gasteiger partial charge in [0.05, 0.1) is 17.3 Å². The second-order valence-electron chi connectivity index (χ2n) is 3.67. The molecule has 0 bridgehead atoms. The van der Waals surface area contributed by atoms with Crippen LogP contribution in [0.3, 0.4) is 0 Å². The fourth-order valence-corrected chi connectivity index (χ4v) is 1.36. The Morgan fingerprint density at radius 2 is 2.25 bits per heavy atom. The van der Waals surface area contributed by atoms with Crippen LogP contribution in [0, 0.1) is 10.1 Å². The van der Waals surface area contributed by atoms with Crippen LogP contribution in [-0.4, -0.2) is 26.9 Å². The molecular weight excluding hydrogens is 260 g/mol. The number of nitro benzene ring substituents is 1. The van der Waals surface area contributed by atoms with Gasteiger partial charge in [0.25, 0.3) is 5.69 Å². The summed E-state index contributed by atoms with van der Waals surface area (Å²) in [6.07, 6.45) is 5.84. The number of nitro groups is 1. The Bertz CT molecular complexity index is 669. The second-order valence-corrected chi connectivity index (χ2v) is 3.67. The van der Waals surface area contributed by atoms with Crippen molar-refractivity contribution in [3.63, 3.8) is 0 Å². The van der Waals surface area contributed by atoms with Crippen LogP contribution in [0.4, 0.5) is 5.69 Å². The molecule has 0 unspecified atom stereocenters. The summed E-state index contributed by atoms with van der Waals surface area (Å²) in [5, 5.41) is 18.1. The molecule has 0 saturated carbocycles. The Labute approximate surface area is 113 Å². The highest BCUT2D eigenvalue weighted by atomic mass is 16.6. The molecule has 0 atom stereocenters. The Kier molecular flexibility index (Phi) is 4.07. The van der Waals surface area contributed by atoms with Crippen LogP contribution in [0.2, 0.25) is 0 Å². The van der Waals surface area contributed by atoms with Gasteiger partial charge in [-0.3, -0.25) is 15.1 Å². The predicted octanol–water partition coefficient (Wildman–Crippen LogP) is 1.12. The van der Waals surface area contributed by atoms with E-state index in [1.807, 2.05) is 0 Å². The van der Waals surface area contributed by atoms with E-state index in [1.165, 1.54) is 36.9 Å². The van der Waals surface area contributed by atoms with Gasteiger partial charge >= 0.3 is 0 Å². The van der Waals surface area contributed by atoms with Gasteiger partial charge in [-0.1, -0.05) is 12.1 Å². The molecule has 100 valence electrons. The molecule has 1 aromatic carbocycles. The fourth-order valence-electron chi connectivity index (χ4n) is 1.36. The largest absolute Gasteiger partial charge is 0.380 e. The molecule has 2 rings (SSSR count). The summed E-state index contributed by atoms with van der Waals surface area (Å²) in [5.74, 6) is 0.111. The first-order chi connectivity index (χ1) is 9.66. The third-order valence-electron chi connectivity index (χ3n) is 2.28. The van der Waals surface area contributed by atoms with E-state index in [1.54, 1.807) is 12.1 Å². The number of hydrogen-bond acceptors (Lipinski definition) is 6. The van der Waals surface area contributed by atoms with Gasteiger partial charge in [-0.15, -0.1) is 5.10 Å². The van der Waals surface area contributed by atoms with Crippen LogP contribution in [-0.2, 0) is 0 Å². The molecular formula is C12H10N6O2. The van der Waals surface area contributed by atoms with E-state index >= 15 is 0 Å².